The number of rotatable bonds is 3. The second kappa shape index (κ2) is 6.55. The van der Waals surface area contributed by atoms with Gasteiger partial charge in [-0.05, 0) is 29.8 Å². The molecule has 1 heterocycles. The normalized spacial score (nSPS) is 9.70. The molecule has 0 unspecified atom stereocenters. The molecule has 102 valence electrons. The Hall–Kier alpha value is -2.58. The third kappa shape index (κ3) is 3.25. The Kier molecular flexibility index (Phi) is 4.53. The van der Waals surface area contributed by atoms with Crippen LogP contribution >= 0.6 is 0 Å². The fourth-order valence-electron chi connectivity index (χ4n) is 1.76. The quantitative estimate of drug-likeness (QED) is 0.829. The Morgan fingerprint density at radius 2 is 2.25 bits per heavy atom. The number of hydrogen-bond donors (Lipinski definition) is 1. The lowest BCUT2D eigenvalue weighted by molar-refractivity contribution is 0.414. The van der Waals surface area contributed by atoms with Crippen molar-refractivity contribution in [2.24, 2.45) is 5.73 Å². The Balaban J connectivity index is 2.42. The van der Waals surface area contributed by atoms with Crippen molar-refractivity contribution in [2.75, 3.05) is 13.7 Å². The van der Waals surface area contributed by atoms with E-state index in [4.69, 9.17) is 10.5 Å². The van der Waals surface area contributed by atoms with Gasteiger partial charge in [0.05, 0.1) is 20.2 Å². The number of benzene rings is 1. The summed E-state index contributed by atoms with van der Waals surface area (Å²) in [6.45, 7) is 0.625. The maximum Gasteiger partial charge on any atom is 0.267 e. The van der Waals surface area contributed by atoms with Gasteiger partial charge in [0.2, 0.25) is 0 Å². The molecule has 0 radical (unpaired) electrons. The van der Waals surface area contributed by atoms with Crippen LogP contribution in [0.25, 0.3) is 0 Å². The van der Waals surface area contributed by atoms with Crippen molar-refractivity contribution >= 4 is 0 Å². The zero-order valence-corrected chi connectivity index (χ0v) is 11.2. The van der Waals surface area contributed by atoms with E-state index in [2.05, 4.69) is 16.9 Å². The molecule has 0 atom stereocenters. The third-order valence-electron chi connectivity index (χ3n) is 2.74. The molecule has 0 fully saturated rings. The fraction of sp³-hybridized carbons (Fsp3) is 0.200. The summed E-state index contributed by atoms with van der Waals surface area (Å²) >= 11 is 0. The zero-order chi connectivity index (χ0) is 14.4. The van der Waals surface area contributed by atoms with Gasteiger partial charge in [-0.25, -0.2) is 4.68 Å². The molecule has 20 heavy (non-hydrogen) atoms. The van der Waals surface area contributed by atoms with E-state index < -0.39 is 0 Å². The summed E-state index contributed by atoms with van der Waals surface area (Å²) in [5, 5.41) is 4.04. The van der Waals surface area contributed by atoms with Gasteiger partial charge in [0.25, 0.3) is 5.56 Å². The van der Waals surface area contributed by atoms with Crippen LogP contribution in [0.3, 0.4) is 0 Å². The van der Waals surface area contributed by atoms with E-state index in [-0.39, 0.29) is 12.1 Å². The number of hydrogen-bond acceptors (Lipinski definition) is 4. The lowest BCUT2D eigenvalue weighted by Crippen LogP contribution is -2.22. The zero-order valence-electron chi connectivity index (χ0n) is 11.2. The first kappa shape index (κ1) is 13.8. The summed E-state index contributed by atoms with van der Waals surface area (Å²) in [6.07, 6.45) is 1.58. The van der Waals surface area contributed by atoms with E-state index in [0.717, 1.165) is 11.1 Å². The first-order chi connectivity index (χ1) is 9.74. The van der Waals surface area contributed by atoms with E-state index in [1.54, 1.807) is 19.4 Å². The first-order valence-corrected chi connectivity index (χ1v) is 6.12. The first-order valence-electron chi connectivity index (χ1n) is 6.12. The van der Waals surface area contributed by atoms with Crippen molar-refractivity contribution in [1.29, 1.82) is 0 Å². The molecule has 0 aliphatic heterocycles. The van der Waals surface area contributed by atoms with Crippen LogP contribution in [0.15, 0.2) is 41.3 Å². The molecule has 0 amide bonds. The van der Waals surface area contributed by atoms with Crippen LogP contribution in [-0.4, -0.2) is 23.4 Å². The van der Waals surface area contributed by atoms with Gasteiger partial charge in [0, 0.05) is 17.8 Å². The maximum absolute atomic E-state index is 11.7. The molecule has 0 saturated carbocycles. The van der Waals surface area contributed by atoms with Gasteiger partial charge in [-0.1, -0.05) is 11.8 Å². The van der Waals surface area contributed by atoms with Gasteiger partial charge in [-0.15, -0.1) is 0 Å². The highest BCUT2D eigenvalue weighted by atomic mass is 16.5. The smallest absolute Gasteiger partial charge is 0.267 e. The SMILES string of the molecule is COc1ccc(C#CCN)c(Cn2ncccc2=O)c1. The number of aromatic nitrogens is 2. The highest BCUT2D eigenvalue weighted by Crippen LogP contribution is 2.17. The van der Waals surface area contributed by atoms with Crippen LogP contribution in [0, 0.1) is 11.8 Å². The van der Waals surface area contributed by atoms with Gasteiger partial charge in [0.1, 0.15) is 5.75 Å². The van der Waals surface area contributed by atoms with Crippen molar-refractivity contribution in [3.63, 3.8) is 0 Å². The predicted molar refractivity (Wildman–Crippen MR) is 76.5 cm³/mol. The number of nitrogens with two attached hydrogens (primary N) is 1. The average molecular weight is 269 g/mol. The van der Waals surface area contributed by atoms with E-state index in [1.165, 1.54) is 10.7 Å². The van der Waals surface area contributed by atoms with Crippen LogP contribution in [0.1, 0.15) is 11.1 Å². The molecule has 0 spiro atoms. The largest absolute Gasteiger partial charge is 0.497 e. The van der Waals surface area contributed by atoms with Crippen molar-refractivity contribution in [3.05, 3.63) is 58.0 Å². The van der Waals surface area contributed by atoms with Gasteiger partial charge >= 0.3 is 0 Å². The maximum atomic E-state index is 11.7. The summed E-state index contributed by atoms with van der Waals surface area (Å²) in [7, 11) is 1.59. The molecular formula is C15H15N3O2. The Labute approximate surface area is 117 Å². The fourth-order valence-corrected chi connectivity index (χ4v) is 1.76. The highest BCUT2D eigenvalue weighted by Gasteiger charge is 2.05. The molecular weight excluding hydrogens is 254 g/mol. The van der Waals surface area contributed by atoms with E-state index in [9.17, 15) is 4.79 Å². The number of methoxy groups -OCH3 is 1. The van der Waals surface area contributed by atoms with Crippen LogP contribution < -0.4 is 16.0 Å². The van der Waals surface area contributed by atoms with Crippen molar-refractivity contribution in [2.45, 2.75) is 6.54 Å². The van der Waals surface area contributed by atoms with Crippen molar-refractivity contribution in [1.82, 2.24) is 9.78 Å². The van der Waals surface area contributed by atoms with Crippen molar-refractivity contribution < 1.29 is 4.74 Å². The molecule has 0 aliphatic rings. The lowest BCUT2D eigenvalue weighted by Gasteiger charge is -2.08. The third-order valence-corrected chi connectivity index (χ3v) is 2.74. The van der Waals surface area contributed by atoms with Gasteiger partial charge in [-0.2, -0.15) is 5.10 Å². The molecule has 5 nitrogen and oxygen atoms in total. The van der Waals surface area contributed by atoms with Gasteiger partial charge < -0.3 is 10.5 Å². The van der Waals surface area contributed by atoms with Crippen LogP contribution in [-0.2, 0) is 6.54 Å². The molecule has 1 aromatic carbocycles. The summed E-state index contributed by atoms with van der Waals surface area (Å²) < 4.78 is 6.58. The van der Waals surface area contributed by atoms with Gasteiger partial charge in [-0.3, -0.25) is 4.79 Å². The molecule has 2 aromatic rings. The Morgan fingerprint density at radius 1 is 1.40 bits per heavy atom. The van der Waals surface area contributed by atoms with Crippen LogP contribution in [0.4, 0.5) is 0 Å². The number of ether oxygens (including phenoxy) is 1. The second-order valence-corrected chi connectivity index (χ2v) is 4.05. The summed E-state index contributed by atoms with van der Waals surface area (Å²) in [5.41, 5.74) is 6.91. The highest BCUT2D eigenvalue weighted by molar-refractivity contribution is 5.45. The standard InChI is InChI=1S/C15H15N3O2/c1-20-14-7-6-12(4-2-8-16)13(10-14)11-18-15(19)5-3-9-17-18/h3,5-7,9-10H,8,11,16H2,1H3. The van der Waals surface area contributed by atoms with E-state index in [0.29, 0.717) is 12.3 Å². The Morgan fingerprint density at radius 3 is 2.95 bits per heavy atom. The van der Waals surface area contributed by atoms with Crippen molar-refractivity contribution in [3.8, 4) is 17.6 Å². The molecule has 2 N–H and O–H groups in total. The average Bonchev–Trinajstić information content (AvgIpc) is 2.48. The summed E-state index contributed by atoms with van der Waals surface area (Å²) in [4.78, 5) is 11.7. The van der Waals surface area contributed by atoms with E-state index >= 15 is 0 Å². The van der Waals surface area contributed by atoms with Gasteiger partial charge in [0.15, 0.2) is 0 Å². The molecule has 0 bridgehead atoms. The van der Waals surface area contributed by atoms with Crippen LogP contribution in [0.2, 0.25) is 0 Å². The minimum absolute atomic E-state index is 0.159. The molecule has 0 aliphatic carbocycles. The monoisotopic (exact) mass is 269 g/mol. The molecule has 5 heteroatoms. The summed E-state index contributed by atoms with van der Waals surface area (Å²) in [6, 6.07) is 8.61. The molecule has 1 aromatic heterocycles. The minimum atomic E-state index is -0.159. The summed E-state index contributed by atoms with van der Waals surface area (Å²) in [5.74, 6) is 6.51. The molecule has 2 rings (SSSR count). The second-order valence-electron chi connectivity index (χ2n) is 4.05. The molecule has 0 saturated heterocycles. The predicted octanol–water partition coefficient (Wildman–Crippen LogP) is 0.610. The minimum Gasteiger partial charge on any atom is -0.497 e. The number of nitrogens with zero attached hydrogens (tertiary/aromatic N) is 2. The Bertz CT molecular complexity index is 711. The van der Waals surface area contributed by atoms with E-state index in [1.807, 2.05) is 18.2 Å². The topological polar surface area (TPSA) is 70.1 Å². The van der Waals surface area contributed by atoms with Crippen LogP contribution in [0.5, 0.6) is 5.75 Å². The lowest BCUT2D eigenvalue weighted by atomic mass is 10.1.